The van der Waals surface area contributed by atoms with E-state index in [-0.39, 0.29) is 70.6 Å². The molecule has 0 aliphatic rings. The normalized spacial score (nSPS) is 0.800. The quantitative estimate of drug-likeness (QED) is 0.346. The van der Waals surface area contributed by atoms with Crippen LogP contribution < -0.4 is 0 Å². The predicted molar refractivity (Wildman–Crippen MR) is 37.8 cm³/mol. The molecule has 0 atom stereocenters. The van der Waals surface area contributed by atoms with Gasteiger partial charge in [-0.3, -0.25) is 13.6 Å². The van der Waals surface area contributed by atoms with Crippen LogP contribution in [0.4, 0.5) is 0 Å². The summed E-state index contributed by atoms with van der Waals surface area (Å²) in [6.07, 6.45) is 0. The van der Waals surface area contributed by atoms with E-state index in [4.69, 9.17) is 9.59 Å². The van der Waals surface area contributed by atoms with Gasteiger partial charge in [-0.25, -0.2) is 0 Å². The summed E-state index contributed by atoms with van der Waals surface area (Å²) in [7, 11) is 0. The van der Waals surface area contributed by atoms with Crippen molar-refractivity contribution in [2.45, 2.75) is 0 Å². The Morgan fingerprint density at radius 2 is 0.700 bits per heavy atom. The third-order valence-corrected chi connectivity index (χ3v) is 0. The average Bonchev–Trinajstić information content (AvgIpc) is 1.50. The second-order valence-corrected chi connectivity index (χ2v) is 0. The van der Waals surface area contributed by atoms with Crippen molar-refractivity contribution in [2.24, 2.45) is 0 Å². The second kappa shape index (κ2) is 1440. The van der Waals surface area contributed by atoms with E-state index in [0.717, 1.165) is 0 Å². The first-order valence-corrected chi connectivity index (χ1v) is 0.471. The van der Waals surface area contributed by atoms with Crippen LogP contribution in [-0.4, -0.2) is 30.4 Å². The van der Waals surface area contributed by atoms with Gasteiger partial charge in [0.25, 0.3) is 0 Å². The summed E-state index contributed by atoms with van der Waals surface area (Å²) in [4.78, 5) is 15.5. The molecule has 0 spiro atoms. The molecule has 10 heavy (non-hydrogen) atoms. The maximum absolute atomic E-state index is 7.75. The van der Waals surface area contributed by atoms with E-state index in [0.29, 0.717) is 0 Å². The maximum Gasteiger partial charge on any atom is 3.00 e. The van der Waals surface area contributed by atoms with E-state index in [9.17, 15) is 0 Å². The van der Waals surface area contributed by atoms with E-state index in [1.165, 1.54) is 0 Å². The Kier molecular flexibility index (Phi) is 19700. The fourth-order valence-corrected chi connectivity index (χ4v) is 0. The van der Waals surface area contributed by atoms with Crippen molar-refractivity contribution in [3.8, 4) is 0 Å². The number of rotatable bonds is 0. The third-order valence-electron chi connectivity index (χ3n) is 0. The summed E-state index contributed by atoms with van der Waals surface area (Å²) in [5, 5.41) is 0. The summed E-state index contributed by atoms with van der Waals surface area (Å²) in [6, 6.07) is 0. The zero-order chi connectivity index (χ0) is 4.00. The molecular formula is C4H8B2O2Ru2. The van der Waals surface area contributed by atoms with E-state index in [1.807, 2.05) is 0 Å². The van der Waals surface area contributed by atoms with Crippen LogP contribution in [0.1, 0.15) is 0 Å². The number of carbonyl (C=O) groups excluding carboxylic acids is 2. The molecule has 0 fully saturated rings. The van der Waals surface area contributed by atoms with Crippen LogP contribution in [-0.2, 0) is 48.5 Å². The van der Waals surface area contributed by atoms with Gasteiger partial charge in [-0.05, 0) is 0 Å². The first-order valence-electron chi connectivity index (χ1n) is 0.471. The molecule has 0 saturated carbocycles. The molecule has 0 bridgehead atoms. The first-order chi connectivity index (χ1) is 2.00. The summed E-state index contributed by atoms with van der Waals surface area (Å²) >= 11 is 0. The molecule has 58 valence electrons. The van der Waals surface area contributed by atoms with Crippen LogP contribution >= 0.6 is 0 Å². The maximum atomic E-state index is 7.75. The van der Waals surface area contributed by atoms with Crippen LogP contribution in [0.3, 0.4) is 0 Å². The topological polar surface area (TPSA) is 34.1 Å². The predicted octanol–water partition coefficient (Wildman–Crippen LogP) is -0.414. The Bertz CT molecular complexity index is 21.2. The largest absolute Gasteiger partial charge is 3.00 e. The number of hydrogen-bond donors (Lipinski definition) is 0. The van der Waals surface area contributed by atoms with Gasteiger partial charge in [0.1, 0.15) is 0 Å². The Hall–Kier alpha value is 0.717. The van der Waals surface area contributed by atoms with Crippen molar-refractivity contribution in [1.29, 1.82) is 0 Å². The zero-order valence-electron chi connectivity index (χ0n) is 5.83. The summed E-state index contributed by atoms with van der Waals surface area (Å²) in [5.41, 5.74) is 0. The van der Waals surface area contributed by atoms with Crippen LogP contribution in [0.2, 0.25) is 0 Å². The molecule has 0 heterocycles. The molecule has 0 aliphatic carbocycles. The molecule has 0 aromatic rings. The molecule has 0 amide bonds. The molecule has 0 aromatic heterocycles. The molecule has 0 aliphatic heterocycles. The molecule has 0 unspecified atom stereocenters. The van der Waals surface area contributed by atoms with Crippen LogP contribution in [0.5, 0.6) is 0 Å². The van der Waals surface area contributed by atoms with Crippen molar-refractivity contribution in [2.75, 3.05) is 0 Å². The molecule has 0 aromatic carbocycles. The van der Waals surface area contributed by atoms with Gasteiger partial charge in [-0.2, -0.15) is 0 Å². The van der Waals surface area contributed by atoms with E-state index >= 15 is 0 Å². The summed E-state index contributed by atoms with van der Waals surface area (Å²) in [5.74, 6) is 0. The van der Waals surface area contributed by atoms with E-state index in [2.05, 4.69) is 13.6 Å². The minimum atomic E-state index is 0. The van der Waals surface area contributed by atoms with Crippen molar-refractivity contribution in [3.63, 3.8) is 0 Å². The summed E-state index contributed by atoms with van der Waals surface area (Å²) in [6.45, 7) is 6.50. The Balaban J connectivity index is -0.000000000833. The minimum absolute atomic E-state index is 0. The second-order valence-electron chi connectivity index (χ2n) is 0. The van der Waals surface area contributed by atoms with Crippen molar-refractivity contribution >= 4 is 30.4 Å². The molecular weight excluding hydrogens is 304 g/mol. The fourth-order valence-electron chi connectivity index (χ4n) is 0. The molecule has 6 heteroatoms. The van der Waals surface area contributed by atoms with Gasteiger partial charge in [-0.1, -0.05) is 0 Å². The van der Waals surface area contributed by atoms with Gasteiger partial charge in [0.15, 0.2) is 0 Å². The molecule has 0 saturated heterocycles. The van der Waals surface area contributed by atoms with Gasteiger partial charge < -0.3 is 24.4 Å². The van der Waals surface area contributed by atoms with Gasteiger partial charge in [-0.15, -0.1) is 0 Å². The van der Waals surface area contributed by atoms with Crippen molar-refractivity contribution < 1.29 is 48.5 Å². The Morgan fingerprint density at radius 3 is 0.700 bits per heavy atom. The van der Waals surface area contributed by atoms with E-state index in [1.54, 1.807) is 0 Å². The van der Waals surface area contributed by atoms with Crippen LogP contribution in [0.15, 0.2) is 0 Å². The average molecular weight is 312 g/mol. The van der Waals surface area contributed by atoms with Gasteiger partial charge in [0.2, 0.25) is 0 Å². The first kappa shape index (κ1) is 137. The van der Waals surface area contributed by atoms with E-state index < -0.39 is 0 Å². The van der Waals surface area contributed by atoms with Gasteiger partial charge in [0, 0.05) is 16.8 Å². The fraction of sp³-hybridized carbons (Fsp3) is 0. The van der Waals surface area contributed by atoms with Gasteiger partial charge >= 0.3 is 39.0 Å². The van der Waals surface area contributed by atoms with Crippen LogP contribution in [0.25, 0.3) is 0 Å². The smallest absolute Gasteiger partial charge is 0.545 e. The zero-order valence-corrected chi connectivity index (χ0v) is 9.31. The molecule has 0 rings (SSSR count). The van der Waals surface area contributed by atoms with Crippen molar-refractivity contribution in [3.05, 3.63) is 14.9 Å². The third kappa shape index (κ3) is 1010. The SMILES string of the molecule is [B].[B].[CH-]=O.[CH-]=O.[CH3-].[CH3-].[Ru+3].[Ru+]. The molecule has 2 nitrogen and oxygen atoms in total. The molecule has 8 radical (unpaired) electrons. The van der Waals surface area contributed by atoms with Crippen molar-refractivity contribution in [1.82, 2.24) is 0 Å². The van der Waals surface area contributed by atoms with Gasteiger partial charge in [0.05, 0.1) is 0 Å². The molecule has 0 N–H and O–H groups in total. The standard InChI is InChI=1S/2CHO.2CH3.2B.2Ru/c2*1-2;;;;;;/h2*1H;2*1H3;;;;/q4*-1;;;+1;+3. The summed E-state index contributed by atoms with van der Waals surface area (Å²) < 4.78 is 0. The van der Waals surface area contributed by atoms with Crippen LogP contribution in [0, 0.1) is 14.9 Å². The Morgan fingerprint density at radius 1 is 0.700 bits per heavy atom. The monoisotopic (exact) mass is 314 g/mol. The number of hydrogen-bond acceptors (Lipinski definition) is 2. The Labute approximate surface area is 93.6 Å². The minimum Gasteiger partial charge on any atom is -0.545 e.